The van der Waals surface area contributed by atoms with Crippen LogP contribution in [0, 0.1) is 5.82 Å². The highest BCUT2D eigenvalue weighted by Gasteiger charge is 2.12. The van der Waals surface area contributed by atoms with Crippen molar-refractivity contribution in [3.8, 4) is 11.5 Å². The maximum atomic E-state index is 12.6. The van der Waals surface area contributed by atoms with Crippen molar-refractivity contribution in [3.05, 3.63) is 23.5 Å². The summed E-state index contributed by atoms with van der Waals surface area (Å²) in [5, 5.41) is 18.1. The Bertz CT molecular complexity index is 347. The zero-order chi connectivity index (χ0) is 10.0. The van der Waals surface area contributed by atoms with E-state index in [-0.39, 0.29) is 17.8 Å². The van der Waals surface area contributed by atoms with Crippen LogP contribution in [0.1, 0.15) is 12.5 Å². The van der Waals surface area contributed by atoms with Crippen molar-refractivity contribution in [2.75, 3.05) is 0 Å². The van der Waals surface area contributed by atoms with Crippen molar-refractivity contribution >= 4 is 5.78 Å². The van der Waals surface area contributed by atoms with Gasteiger partial charge in [-0.05, 0) is 13.0 Å². The molecule has 0 saturated heterocycles. The Labute approximate surface area is 74.4 Å². The molecular weight excluding hydrogens is 175 g/mol. The van der Waals surface area contributed by atoms with E-state index >= 15 is 0 Å². The summed E-state index contributed by atoms with van der Waals surface area (Å²) >= 11 is 0. The fourth-order valence-corrected chi connectivity index (χ4v) is 1.01. The number of aromatic hydroxyl groups is 2. The Morgan fingerprint density at radius 1 is 1.38 bits per heavy atom. The number of carbonyl (C=O) groups excluding carboxylic acids is 1. The van der Waals surface area contributed by atoms with Crippen molar-refractivity contribution in [2.45, 2.75) is 13.3 Å². The second-order valence-corrected chi connectivity index (χ2v) is 2.78. The van der Waals surface area contributed by atoms with Crippen LogP contribution in [0.25, 0.3) is 0 Å². The molecule has 0 fully saturated rings. The van der Waals surface area contributed by atoms with Gasteiger partial charge >= 0.3 is 0 Å². The van der Waals surface area contributed by atoms with Crippen LogP contribution < -0.4 is 0 Å². The number of rotatable bonds is 2. The molecule has 0 bridgehead atoms. The SMILES string of the molecule is CC(=O)Cc1ccc(F)c(O)c1O. The number of hydrogen-bond acceptors (Lipinski definition) is 3. The molecule has 0 aliphatic heterocycles. The topological polar surface area (TPSA) is 57.5 Å². The number of ketones is 1. The first-order valence-corrected chi connectivity index (χ1v) is 3.71. The first kappa shape index (κ1) is 9.51. The van der Waals surface area contributed by atoms with Crippen molar-refractivity contribution in [1.82, 2.24) is 0 Å². The zero-order valence-corrected chi connectivity index (χ0v) is 7.04. The van der Waals surface area contributed by atoms with Gasteiger partial charge in [0.25, 0.3) is 0 Å². The molecule has 0 saturated carbocycles. The minimum atomic E-state index is -0.898. The van der Waals surface area contributed by atoms with Gasteiger partial charge < -0.3 is 10.2 Å². The summed E-state index contributed by atoms with van der Waals surface area (Å²) in [7, 11) is 0. The Hall–Kier alpha value is -1.58. The summed E-state index contributed by atoms with van der Waals surface area (Å²) in [6, 6.07) is 2.28. The summed E-state index contributed by atoms with van der Waals surface area (Å²) in [5.74, 6) is -2.43. The second kappa shape index (κ2) is 3.43. The first-order valence-electron chi connectivity index (χ1n) is 3.71. The van der Waals surface area contributed by atoms with Gasteiger partial charge in [0.2, 0.25) is 0 Å². The normalized spacial score (nSPS) is 10.0. The summed E-state index contributed by atoms with van der Waals surface area (Å²) in [4.78, 5) is 10.7. The van der Waals surface area contributed by atoms with Gasteiger partial charge in [0.1, 0.15) is 5.78 Å². The lowest BCUT2D eigenvalue weighted by Gasteiger charge is -2.04. The molecule has 3 nitrogen and oxygen atoms in total. The van der Waals surface area contributed by atoms with E-state index in [9.17, 15) is 14.3 Å². The van der Waals surface area contributed by atoms with E-state index in [0.717, 1.165) is 6.07 Å². The largest absolute Gasteiger partial charge is 0.504 e. The molecule has 1 rings (SSSR count). The highest BCUT2D eigenvalue weighted by molar-refractivity contribution is 5.79. The highest BCUT2D eigenvalue weighted by atomic mass is 19.1. The predicted molar refractivity (Wildman–Crippen MR) is 44.1 cm³/mol. The maximum Gasteiger partial charge on any atom is 0.194 e. The summed E-state index contributed by atoms with van der Waals surface area (Å²) in [5.41, 5.74) is 0.228. The van der Waals surface area contributed by atoms with Crippen molar-refractivity contribution < 1.29 is 19.4 Å². The molecule has 70 valence electrons. The van der Waals surface area contributed by atoms with Crippen molar-refractivity contribution in [2.24, 2.45) is 0 Å². The number of phenols is 2. The summed E-state index contributed by atoms with van der Waals surface area (Å²) < 4.78 is 12.6. The van der Waals surface area contributed by atoms with Gasteiger partial charge in [-0.25, -0.2) is 4.39 Å². The molecule has 1 aromatic carbocycles. The van der Waals surface area contributed by atoms with Gasteiger partial charge in [0, 0.05) is 12.0 Å². The van der Waals surface area contributed by atoms with Gasteiger partial charge in [0.05, 0.1) is 0 Å². The van der Waals surface area contributed by atoms with E-state index in [0.29, 0.717) is 0 Å². The van der Waals surface area contributed by atoms with Crippen molar-refractivity contribution in [3.63, 3.8) is 0 Å². The van der Waals surface area contributed by atoms with Crippen LogP contribution in [0.2, 0.25) is 0 Å². The third-order valence-electron chi connectivity index (χ3n) is 1.62. The number of phenolic OH excluding ortho intramolecular Hbond substituents is 2. The fourth-order valence-electron chi connectivity index (χ4n) is 1.01. The minimum absolute atomic E-state index is 0.0142. The van der Waals surface area contributed by atoms with Crippen LogP contribution in [0.15, 0.2) is 12.1 Å². The highest BCUT2D eigenvalue weighted by Crippen LogP contribution is 2.31. The predicted octanol–water partition coefficient (Wildman–Crippen LogP) is 1.37. The van der Waals surface area contributed by atoms with E-state index in [2.05, 4.69) is 0 Å². The van der Waals surface area contributed by atoms with Gasteiger partial charge in [-0.2, -0.15) is 0 Å². The number of benzene rings is 1. The Balaban J connectivity index is 3.10. The van der Waals surface area contributed by atoms with Crippen LogP contribution in [-0.4, -0.2) is 16.0 Å². The molecule has 0 unspecified atom stereocenters. The summed E-state index contributed by atoms with van der Waals surface area (Å²) in [6.45, 7) is 1.35. The van der Waals surface area contributed by atoms with Gasteiger partial charge in [-0.3, -0.25) is 4.79 Å². The number of Topliss-reactive ketones (excluding diaryl/α,β-unsaturated/α-hetero) is 1. The standard InChI is InChI=1S/C9H9FO3/c1-5(11)4-6-2-3-7(10)9(13)8(6)12/h2-3,12-13H,4H2,1H3. The fraction of sp³-hybridized carbons (Fsp3) is 0.222. The molecule has 0 aromatic heterocycles. The van der Waals surface area contributed by atoms with Gasteiger partial charge in [0.15, 0.2) is 17.3 Å². The van der Waals surface area contributed by atoms with E-state index in [1.54, 1.807) is 0 Å². The van der Waals surface area contributed by atoms with Crippen LogP contribution in [0.3, 0.4) is 0 Å². The molecule has 1 aromatic rings. The molecule has 0 amide bonds. The third kappa shape index (κ3) is 1.96. The Morgan fingerprint density at radius 2 is 2.00 bits per heavy atom. The van der Waals surface area contributed by atoms with Crippen LogP contribution >= 0.6 is 0 Å². The van der Waals surface area contributed by atoms with Crippen LogP contribution in [0.5, 0.6) is 11.5 Å². The molecular formula is C9H9FO3. The quantitative estimate of drug-likeness (QED) is 0.682. The molecule has 0 heterocycles. The van der Waals surface area contributed by atoms with E-state index in [4.69, 9.17) is 5.11 Å². The molecule has 0 aliphatic rings. The molecule has 0 atom stereocenters. The number of carbonyl (C=O) groups is 1. The summed E-state index contributed by atoms with van der Waals surface area (Å²) in [6.07, 6.45) is -0.0142. The van der Waals surface area contributed by atoms with Crippen LogP contribution in [-0.2, 0) is 11.2 Å². The van der Waals surface area contributed by atoms with Gasteiger partial charge in [-0.15, -0.1) is 0 Å². The average Bonchev–Trinajstić information content (AvgIpc) is 2.06. The minimum Gasteiger partial charge on any atom is -0.504 e. The van der Waals surface area contributed by atoms with E-state index in [1.807, 2.05) is 0 Å². The molecule has 4 heteroatoms. The molecule has 2 N–H and O–H groups in total. The molecule has 0 spiro atoms. The molecule has 0 radical (unpaired) electrons. The number of hydrogen-bond donors (Lipinski definition) is 2. The lowest BCUT2D eigenvalue weighted by atomic mass is 10.1. The smallest absolute Gasteiger partial charge is 0.194 e. The lowest BCUT2D eigenvalue weighted by Crippen LogP contribution is -1.97. The Kier molecular flexibility index (Phi) is 2.51. The molecule has 0 aliphatic carbocycles. The van der Waals surface area contributed by atoms with E-state index < -0.39 is 17.3 Å². The number of halogens is 1. The first-order chi connectivity index (χ1) is 6.02. The average molecular weight is 184 g/mol. The third-order valence-corrected chi connectivity index (χ3v) is 1.62. The lowest BCUT2D eigenvalue weighted by molar-refractivity contribution is -0.116. The van der Waals surface area contributed by atoms with Gasteiger partial charge in [-0.1, -0.05) is 6.07 Å². The Morgan fingerprint density at radius 3 is 2.54 bits per heavy atom. The van der Waals surface area contributed by atoms with E-state index in [1.165, 1.54) is 13.0 Å². The van der Waals surface area contributed by atoms with Crippen molar-refractivity contribution in [1.29, 1.82) is 0 Å². The maximum absolute atomic E-state index is 12.6. The zero-order valence-electron chi connectivity index (χ0n) is 7.04. The molecule has 13 heavy (non-hydrogen) atoms. The second-order valence-electron chi connectivity index (χ2n) is 2.78. The monoisotopic (exact) mass is 184 g/mol. The van der Waals surface area contributed by atoms with Crippen LogP contribution in [0.4, 0.5) is 4.39 Å².